The summed E-state index contributed by atoms with van der Waals surface area (Å²) in [5.74, 6) is 0.114. The molecule has 1 aliphatic rings. The minimum atomic E-state index is -3.84. The van der Waals surface area contributed by atoms with Gasteiger partial charge in [0, 0.05) is 17.3 Å². The van der Waals surface area contributed by atoms with E-state index in [0.717, 1.165) is 0 Å². The van der Waals surface area contributed by atoms with E-state index in [1.54, 1.807) is 6.92 Å². The lowest BCUT2D eigenvalue weighted by Gasteiger charge is -2.13. The Morgan fingerprint density at radius 2 is 2.10 bits per heavy atom. The lowest BCUT2D eigenvalue weighted by Crippen LogP contribution is -2.34. The molecule has 0 saturated carbocycles. The van der Waals surface area contributed by atoms with Gasteiger partial charge >= 0.3 is 0 Å². The van der Waals surface area contributed by atoms with Crippen LogP contribution in [0.4, 0.5) is 5.69 Å². The van der Waals surface area contributed by atoms with E-state index in [2.05, 4.69) is 4.72 Å². The van der Waals surface area contributed by atoms with Crippen LogP contribution in [0.15, 0.2) is 17.0 Å². The highest BCUT2D eigenvalue weighted by Crippen LogP contribution is 2.26. The summed E-state index contributed by atoms with van der Waals surface area (Å²) in [4.78, 5) is -0.0639. The first-order chi connectivity index (χ1) is 9.63. The van der Waals surface area contributed by atoms with E-state index in [4.69, 9.17) is 17.3 Å². The first kappa shape index (κ1) is 16.5. The molecule has 1 atom stereocenters. The predicted octanol–water partition coefficient (Wildman–Crippen LogP) is 1.09. The Morgan fingerprint density at radius 1 is 1.43 bits per heavy atom. The first-order valence-electron chi connectivity index (χ1n) is 6.40. The number of benzene rings is 1. The van der Waals surface area contributed by atoms with Gasteiger partial charge in [-0.05, 0) is 37.5 Å². The summed E-state index contributed by atoms with van der Waals surface area (Å²) in [6.45, 7) is 1.56. The van der Waals surface area contributed by atoms with Crippen LogP contribution in [0.3, 0.4) is 0 Å². The summed E-state index contributed by atoms with van der Waals surface area (Å²) in [5, 5.41) is -0.408. The zero-order valence-electron chi connectivity index (χ0n) is 11.5. The van der Waals surface area contributed by atoms with Crippen molar-refractivity contribution in [1.29, 1.82) is 0 Å². The minimum Gasteiger partial charge on any atom is -0.398 e. The topological polar surface area (TPSA) is 106 Å². The van der Waals surface area contributed by atoms with Gasteiger partial charge in [0.2, 0.25) is 10.0 Å². The van der Waals surface area contributed by atoms with Crippen molar-refractivity contribution in [2.24, 2.45) is 0 Å². The van der Waals surface area contributed by atoms with Crippen molar-refractivity contribution in [3.05, 3.63) is 22.7 Å². The van der Waals surface area contributed by atoms with Gasteiger partial charge in [-0.2, -0.15) is 0 Å². The number of nitrogen functional groups attached to an aromatic ring is 1. The summed E-state index contributed by atoms with van der Waals surface area (Å²) in [6, 6.07) is 2.62. The quantitative estimate of drug-likeness (QED) is 0.789. The summed E-state index contributed by atoms with van der Waals surface area (Å²) in [7, 11) is -7.03. The van der Waals surface area contributed by atoms with Crippen LogP contribution < -0.4 is 10.5 Å². The molecule has 1 aliphatic heterocycles. The average molecular weight is 353 g/mol. The molecule has 1 fully saturated rings. The molecule has 1 aromatic rings. The lowest BCUT2D eigenvalue weighted by atomic mass is 10.2. The molecule has 1 unspecified atom stereocenters. The van der Waals surface area contributed by atoms with Gasteiger partial charge in [0.1, 0.15) is 0 Å². The number of anilines is 1. The number of sulfonamides is 1. The zero-order valence-corrected chi connectivity index (χ0v) is 13.9. The van der Waals surface area contributed by atoms with Crippen molar-refractivity contribution in [3.63, 3.8) is 0 Å². The van der Waals surface area contributed by atoms with Crippen molar-refractivity contribution in [3.8, 4) is 0 Å². The zero-order chi connectivity index (χ0) is 15.8. The van der Waals surface area contributed by atoms with E-state index in [9.17, 15) is 16.8 Å². The van der Waals surface area contributed by atoms with Gasteiger partial charge in [-0.25, -0.2) is 21.6 Å². The molecule has 3 N–H and O–H groups in total. The Kier molecular flexibility index (Phi) is 4.53. The summed E-state index contributed by atoms with van der Waals surface area (Å²) >= 11 is 5.93. The molecular weight excluding hydrogens is 336 g/mol. The third-order valence-electron chi connectivity index (χ3n) is 3.63. The minimum absolute atomic E-state index is 0.0639. The molecule has 21 heavy (non-hydrogen) atoms. The fourth-order valence-corrected chi connectivity index (χ4v) is 5.51. The molecule has 0 bridgehead atoms. The van der Waals surface area contributed by atoms with E-state index in [1.807, 2.05) is 0 Å². The van der Waals surface area contributed by atoms with Crippen LogP contribution in [-0.4, -0.2) is 34.4 Å². The van der Waals surface area contributed by atoms with Crippen LogP contribution in [0, 0.1) is 6.92 Å². The van der Waals surface area contributed by atoms with E-state index >= 15 is 0 Å². The average Bonchev–Trinajstić information content (AvgIpc) is 2.72. The second kappa shape index (κ2) is 5.75. The highest BCUT2D eigenvalue weighted by molar-refractivity contribution is 7.92. The van der Waals surface area contributed by atoms with Gasteiger partial charge in [-0.15, -0.1) is 0 Å². The van der Waals surface area contributed by atoms with Crippen LogP contribution >= 0.6 is 11.6 Å². The van der Waals surface area contributed by atoms with Gasteiger partial charge in [-0.1, -0.05) is 11.6 Å². The van der Waals surface area contributed by atoms with Crippen molar-refractivity contribution in [2.45, 2.75) is 29.9 Å². The molecule has 0 aliphatic carbocycles. The second-order valence-corrected chi connectivity index (χ2v) is 9.68. The molecule has 0 spiro atoms. The molecule has 9 heteroatoms. The smallest absolute Gasteiger partial charge is 0.240 e. The van der Waals surface area contributed by atoms with Crippen LogP contribution in [0.5, 0.6) is 0 Å². The molecule has 118 valence electrons. The molecule has 0 amide bonds. The van der Waals surface area contributed by atoms with E-state index < -0.39 is 25.1 Å². The maximum atomic E-state index is 12.2. The van der Waals surface area contributed by atoms with Crippen molar-refractivity contribution >= 4 is 37.1 Å². The van der Waals surface area contributed by atoms with Gasteiger partial charge < -0.3 is 5.73 Å². The number of hydrogen-bond acceptors (Lipinski definition) is 5. The monoisotopic (exact) mass is 352 g/mol. The second-order valence-electron chi connectivity index (χ2n) is 5.10. The number of nitrogens with two attached hydrogens (primary N) is 1. The Morgan fingerprint density at radius 3 is 2.62 bits per heavy atom. The van der Waals surface area contributed by atoms with Gasteiger partial charge in [0.05, 0.1) is 15.9 Å². The Labute approximate surface area is 129 Å². The fourth-order valence-electron chi connectivity index (χ4n) is 2.20. The number of halogens is 1. The summed E-state index contributed by atoms with van der Waals surface area (Å²) < 4.78 is 50.1. The number of hydrogen-bond donors (Lipinski definition) is 2. The summed E-state index contributed by atoms with van der Waals surface area (Å²) in [6.07, 6.45) is 1.04. The first-order valence-corrected chi connectivity index (χ1v) is 9.98. The standard InChI is InChI=1S/C12H17ClN2O4S2/c1-8-11(13)5-10(6-12(8)14)21(18,19)15-7-9-3-2-4-20(9,16)17/h5-6,9,15H,2-4,7,14H2,1H3. The largest absolute Gasteiger partial charge is 0.398 e. The molecular formula is C12H17ClN2O4S2. The van der Waals surface area contributed by atoms with Crippen LogP contribution in [0.1, 0.15) is 18.4 Å². The molecule has 6 nitrogen and oxygen atoms in total. The van der Waals surface area contributed by atoms with Crippen LogP contribution in [0.25, 0.3) is 0 Å². The predicted molar refractivity (Wildman–Crippen MR) is 82.6 cm³/mol. The molecule has 0 aromatic heterocycles. The molecule has 1 saturated heterocycles. The molecule has 1 heterocycles. The van der Waals surface area contributed by atoms with Crippen LogP contribution in [-0.2, 0) is 19.9 Å². The lowest BCUT2D eigenvalue weighted by molar-refractivity contribution is 0.571. The van der Waals surface area contributed by atoms with E-state index in [-0.39, 0.29) is 27.9 Å². The summed E-state index contributed by atoms with van der Waals surface area (Å²) in [5.41, 5.74) is 6.59. The van der Waals surface area contributed by atoms with E-state index in [1.165, 1.54) is 12.1 Å². The molecule has 2 rings (SSSR count). The highest BCUT2D eigenvalue weighted by Gasteiger charge is 2.32. The number of rotatable bonds is 4. The Balaban J connectivity index is 2.20. The Hall–Kier alpha value is -0.830. The van der Waals surface area contributed by atoms with Gasteiger partial charge in [0.15, 0.2) is 9.84 Å². The van der Waals surface area contributed by atoms with Crippen molar-refractivity contribution < 1.29 is 16.8 Å². The fraction of sp³-hybridized carbons (Fsp3) is 0.500. The highest BCUT2D eigenvalue weighted by atomic mass is 35.5. The maximum absolute atomic E-state index is 12.2. The SMILES string of the molecule is Cc1c(N)cc(S(=O)(=O)NCC2CCCS2(=O)=O)cc1Cl. The number of sulfone groups is 1. The molecule has 1 aromatic carbocycles. The maximum Gasteiger partial charge on any atom is 0.240 e. The third kappa shape index (κ3) is 3.50. The Bertz CT molecular complexity index is 736. The van der Waals surface area contributed by atoms with Gasteiger partial charge in [-0.3, -0.25) is 0 Å². The van der Waals surface area contributed by atoms with Crippen molar-refractivity contribution in [2.75, 3.05) is 18.0 Å². The molecule has 0 radical (unpaired) electrons. The van der Waals surface area contributed by atoms with E-state index in [0.29, 0.717) is 18.4 Å². The third-order valence-corrected chi connectivity index (χ3v) is 7.70. The van der Waals surface area contributed by atoms with Crippen LogP contribution in [0.2, 0.25) is 5.02 Å². The van der Waals surface area contributed by atoms with Crippen molar-refractivity contribution in [1.82, 2.24) is 4.72 Å². The number of nitrogens with one attached hydrogen (secondary N) is 1. The normalized spacial score (nSPS) is 21.5. The van der Waals surface area contributed by atoms with Gasteiger partial charge in [0.25, 0.3) is 0 Å².